The molecule has 2 aliphatic heterocycles. The zero-order valence-electron chi connectivity index (χ0n) is 25.6. The molecule has 2 heterocycles. The lowest BCUT2D eigenvalue weighted by Crippen LogP contribution is -2.65. The van der Waals surface area contributed by atoms with Crippen molar-refractivity contribution in [3.63, 3.8) is 0 Å². The number of halogens is 2. The minimum Gasteiger partial charge on any atom is -0.490 e. The third kappa shape index (κ3) is 7.54. The van der Waals surface area contributed by atoms with Gasteiger partial charge in [-0.05, 0) is 90.9 Å². The average Bonchev–Trinajstić information content (AvgIpc) is 3.90. The molecule has 1 saturated carbocycles. The summed E-state index contributed by atoms with van der Waals surface area (Å²) in [5.41, 5.74) is 2.65. The van der Waals surface area contributed by atoms with Gasteiger partial charge in [-0.3, -0.25) is 9.69 Å². The van der Waals surface area contributed by atoms with Crippen LogP contribution >= 0.6 is 15.9 Å². The number of carboxylic acid groups (broad SMARTS) is 2. The van der Waals surface area contributed by atoms with Crippen LogP contribution in [0.25, 0.3) is 5.57 Å². The third-order valence-electron chi connectivity index (χ3n) is 8.81. The molecule has 2 N–H and O–H groups in total. The van der Waals surface area contributed by atoms with Crippen LogP contribution in [0.5, 0.6) is 11.5 Å². The van der Waals surface area contributed by atoms with Crippen molar-refractivity contribution < 1.29 is 38.5 Å². The van der Waals surface area contributed by atoms with Gasteiger partial charge in [-0.1, -0.05) is 40.2 Å². The van der Waals surface area contributed by atoms with E-state index in [1.165, 1.54) is 21.9 Å². The van der Waals surface area contributed by atoms with Crippen molar-refractivity contribution in [2.75, 3.05) is 32.8 Å². The number of ether oxygens (including phenoxy) is 2. The Morgan fingerprint density at radius 2 is 1.47 bits per heavy atom. The Labute approximate surface area is 280 Å². The summed E-state index contributed by atoms with van der Waals surface area (Å²) in [7, 11) is 0. The Hall–Kier alpha value is -4.58. The van der Waals surface area contributed by atoms with E-state index in [1.54, 1.807) is 29.2 Å². The SMILES string of the molecule is O=C(O)N1CC2CC(c3ccc(OCCOc4ccc(Br)cc4)cc3)=C(C(=O)N(CCc3ccc(F)cc3)C3CC3)C(C1)N2C(=O)O. The number of piperazine rings is 1. The summed E-state index contributed by atoms with van der Waals surface area (Å²) in [4.78, 5) is 43.4. The van der Waals surface area contributed by atoms with Crippen molar-refractivity contribution in [2.24, 2.45) is 0 Å². The molecule has 1 saturated heterocycles. The van der Waals surface area contributed by atoms with E-state index in [9.17, 15) is 29.0 Å². The molecule has 0 spiro atoms. The van der Waals surface area contributed by atoms with Gasteiger partial charge in [0.15, 0.2) is 0 Å². The standard InChI is InChI=1S/C35H35BrFN3O7/c36-24-5-13-29(14-6-24)47-18-17-46-28-11-3-23(4-12-28)30-19-27-20-38(34(42)43)21-31(40(27)35(44)45)32(30)33(41)39(26-9-10-26)16-15-22-1-7-25(37)8-2-22/h1-8,11-14,26-27,31H,9-10,15-21H2,(H,42,43)(H,44,45). The minimum atomic E-state index is -1.19. The first-order chi connectivity index (χ1) is 22.7. The van der Waals surface area contributed by atoms with Crippen molar-refractivity contribution in [3.05, 3.63) is 99.8 Å². The molecular formula is C35H35BrFN3O7. The zero-order chi connectivity index (χ0) is 33.1. The van der Waals surface area contributed by atoms with Gasteiger partial charge in [0.25, 0.3) is 5.91 Å². The molecule has 2 atom stereocenters. The first-order valence-electron chi connectivity index (χ1n) is 15.6. The highest BCUT2D eigenvalue weighted by molar-refractivity contribution is 9.10. The number of rotatable bonds is 11. The lowest BCUT2D eigenvalue weighted by Gasteiger charge is -2.49. The Morgan fingerprint density at radius 3 is 2.04 bits per heavy atom. The maximum Gasteiger partial charge on any atom is 0.408 e. The van der Waals surface area contributed by atoms with Crippen LogP contribution in [0.4, 0.5) is 14.0 Å². The van der Waals surface area contributed by atoms with Crippen molar-refractivity contribution in [1.29, 1.82) is 0 Å². The molecule has 2 fully saturated rings. The van der Waals surface area contributed by atoms with E-state index in [1.807, 2.05) is 36.4 Å². The molecule has 47 heavy (non-hydrogen) atoms. The predicted molar refractivity (Wildman–Crippen MR) is 175 cm³/mol. The van der Waals surface area contributed by atoms with E-state index in [4.69, 9.17) is 9.47 Å². The predicted octanol–water partition coefficient (Wildman–Crippen LogP) is 6.15. The summed E-state index contributed by atoms with van der Waals surface area (Å²) >= 11 is 3.40. The van der Waals surface area contributed by atoms with Crippen LogP contribution in [-0.2, 0) is 11.2 Å². The Balaban J connectivity index is 1.26. The third-order valence-corrected chi connectivity index (χ3v) is 9.34. The quantitative estimate of drug-likeness (QED) is 0.230. The second-order valence-electron chi connectivity index (χ2n) is 11.9. The Kier molecular flexibility index (Phi) is 9.67. The molecule has 3 aromatic rings. The fourth-order valence-electron chi connectivity index (χ4n) is 6.39. The second-order valence-corrected chi connectivity index (χ2v) is 12.8. The van der Waals surface area contributed by atoms with Crippen LogP contribution in [0, 0.1) is 5.82 Å². The van der Waals surface area contributed by atoms with E-state index in [2.05, 4.69) is 15.9 Å². The van der Waals surface area contributed by atoms with Gasteiger partial charge in [0.05, 0.1) is 12.1 Å². The van der Waals surface area contributed by atoms with Crippen molar-refractivity contribution in [2.45, 2.75) is 43.8 Å². The molecule has 2 bridgehead atoms. The summed E-state index contributed by atoms with van der Waals surface area (Å²) in [6.45, 7) is 0.900. The molecular weight excluding hydrogens is 673 g/mol. The van der Waals surface area contributed by atoms with Gasteiger partial charge in [0.1, 0.15) is 30.5 Å². The number of carbonyl (C=O) groups excluding carboxylic acids is 1. The fraction of sp³-hybridized carbons (Fsp3) is 0.343. The first-order valence-corrected chi connectivity index (χ1v) is 16.4. The number of amides is 3. The maximum atomic E-state index is 14.5. The largest absolute Gasteiger partial charge is 0.490 e. The lowest BCUT2D eigenvalue weighted by molar-refractivity contribution is -0.128. The lowest BCUT2D eigenvalue weighted by atomic mass is 9.81. The van der Waals surface area contributed by atoms with Gasteiger partial charge in [-0.2, -0.15) is 0 Å². The van der Waals surface area contributed by atoms with E-state index >= 15 is 0 Å². The van der Waals surface area contributed by atoms with Crippen LogP contribution in [-0.4, -0.2) is 94.0 Å². The van der Waals surface area contributed by atoms with Gasteiger partial charge in [0, 0.05) is 35.7 Å². The van der Waals surface area contributed by atoms with Gasteiger partial charge in [-0.15, -0.1) is 0 Å². The molecule has 3 aliphatic rings. The fourth-order valence-corrected chi connectivity index (χ4v) is 6.66. The highest BCUT2D eigenvalue weighted by atomic mass is 79.9. The highest BCUT2D eigenvalue weighted by Crippen LogP contribution is 2.41. The monoisotopic (exact) mass is 707 g/mol. The van der Waals surface area contributed by atoms with Crippen molar-refractivity contribution >= 4 is 39.6 Å². The number of hydrogen-bond acceptors (Lipinski definition) is 5. The summed E-state index contributed by atoms with van der Waals surface area (Å²) in [5, 5.41) is 20.1. The smallest absolute Gasteiger partial charge is 0.408 e. The van der Waals surface area contributed by atoms with Gasteiger partial charge in [0.2, 0.25) is 0 Å². The van der Waals surface area contributed by atoms with Crippen molar-refractivity contribution in [1.82, 2.24) is 14.7 Å². The molecule has 3 aromatic carbocycles. The van der Waals surface area contributed by atoms with E-state index in [0.717, 1.165) is 34.2 Å². The Morgan fingerprint density at radius 1 is 0.851 bits per heavy atom. The van der Waals surface area contributed by atoms with Crippen LogP contribution in [0.1, 0.15) is 30.4 Å². The number of carbonyl (C=O) groups is 3. The van der Waals surface area contributed by atoms with E-state index in [0.29, 0.717) is 43.1 Å². The van der Waals surface area contributed by atoms with Gasteiger partial charge < -0.3 is 29.5 Å². The van der Waals surface area contributed by atoms with Crippen molar-refractivity contribution in [3.8, 4) is 11.5 Å². The number of hydrogen-bond donors (Lipinski definition) is 2. The molecule has 0 aromatic heterocycles. The second kappa shape index (κ2) is 14.0. The molecule has 12 heteroatoms. The van der Waals surface area contributed by atoms with Crippen LogP contribution in [0.15, 0.2) is 82.8 Å². The molecule has 6 rings (SSSR count). The molecule has 246 valence electrons. The molecule has 3 amide bonds. The van der Waals surface area contributed by atoms with Crippen LogP contribution in [0.3, 0.4) is 0 Å². The van der Waals surface area contributed by atoms with Crippen LogP contribution < -0.4 is 9.47 Å². The maximum absolute atomic E-state index is 14.5. The van der Waals surface area contributed by atoms with Gasteiger partial charge >= 0.3 is 12.2 Å². The highest BCUT2D eigenvalue weighted by Gasteiger charge is 2.49. The first kappa shape index (κ1) is 32.4. The number of nitrogens with zero attached hydrogens (tertiary/aromatic N) is 3. The Bertz CT molecular complexity index is 1650. The van der Waals surface area contributed by atoms with E-state index < -0.39 is 24.3 Å². The van der Waals surface area contributed by atoms with Crippen LogP contribution in [0.2, 0.25) is 0 Å². The van der Waals surface area contributed by atoms with E-state index in [-0.39, 0.29) is 37.3 Å². The summed E-state index contributed by atoms with van der Waals surface area (Å²) in [6.07, 6.45) is -0.00125. The minimum absolute atomic E-state index is 0.00210. The topological polar surface area (TPSA) is 120 Å². The normalized spacial score (nSPS) is 18.9. The molecule has 2 unspecified atom stereocenters. The number of benzene rings is 3. The summed E-state index contributed by atoms with van der Waals surface area (Å²) in [5.74, 6) is 0.710. The number of fused-ring (bicyclic) bond motifs is 2. The zero-order valence-corrected chi connectivity index (χ0v) is 27.1. The summed E-state index contributed by atoms with van der Waals surface area (Å²) < 4.78 is 26.1. The van der Waals surface area contributed by atoms with Gasteiger partial charge in [-0.25, -0.2) is 14.0 Å². The molecule has 0 radical (unpaired) electrons. The molecule has 1 aliphatic carbocycles. The molecule has 10 nitrogen and oxygen atoms in total. The summed E-state index contributed by atoms with van der Waals surface area (Å²) in [6, 6.07) is 19.4. The average molecular weight is 709 g/mol.